The second kappa shape index (κ2) is 7.53. The maximum atomic E-state index is 11.3. The average molecular weight is 374 g/mol. The highest BCUT2D eigenvalue weighted by Crippen LogP contribution is 2.35. The second-order valence-corrected chi connectivity index (χ2v) is 6.10. The van der Waals surface area contributed by atoms with Crippen LogP contribution in [0.25, 0.3) is 11.1 Å². The van der Waals surface area contributed by atoms with Gasteiger partial charge in [-0.3, -0.25) is 9.78 Å². The van der Waals surface area contributed by atoms with Gasteiger partial charge in [0, 0.05) is 35.5 Å². The molecule has 8 heteroatoms. The van der Waals surface area contributed by atoms with E-state index < -0.39 is 11.9 Å². The molecule has 26 heavy (non-hydrogen) atoms. The molecule has 0 aliphatic rings. The van der Waals surface area contributed by atoms with Crippen molar-refractivity contribution in [2.45, 2.75) is 19.3 Å². The van der Waals surface area contributed by atoms with E-state index in [4.69, 9.17) is 20.8 Å². The first-order chi connectivity index (χ1) is 12.5. The van der Waals surface area contributed by atoms with Crippen LogP contribution in [0.5, 0.6) is 5.75 Å². The number of carboxylic acids is 1. The third-order valence-corrected chi connectivity index (χ3v) is 4.09. The van der Waals surface area contributed by atoms with Crippen LogP contribution < -0.4 is 4.74 Å². The van der Waals surface area contributed by atoms with Crippen molar-refractivity contribution in [1.82, 2.24) is 15.2 Å². The van der Waals surface area contributed by atoms with Crippen LogP contribution in [-0.2, 0) is 4.79 Å². The van der Waals surface area contributed by atoms with Crippen molar-refractivity contribution in [3.8, 4) is 16.9 Å². The third kappa shape index (κ3) is 3.83. The number of benzene rings is 1. The Hall–Kier alpha value is -2.93. The van der Waals surface area contributed by atoms with Crippen LogP contribution in [-0.4, -0.2) is 33.4 Å². The molecule has 0 aliphatic carbocycles. The first-order valence-corrected chi connectivity index (χ1v) is 8.16. The van der Waals surface area contributed by atoms with Crippen molar-refractivity contribution in [3.63, 3.8) is 0 Å². The van der Waals surface area contributed by atoms with Gasteiger partial charge in [-0.2, -0.15) is 0 Å². The molecule has 2 heterocycles. The van der Waals surface area contributed by atoms with E-state index >= 15 is 0 Å². The Morgan fingerprint density at radius 1 is 1.31 bits per heavy atom. The van der Waals surface area contributed by atoms with Gasteiger partial charge < -0.3 is 14.3 Å². The highest BCUT2D eigenvalue weighted by atomic mass is 35.5. The molecule has 1 N–H and O–H groups in total. The normalized spacial score (nSPS) is 12.0. The molecule has 134 valence electrons. The van der Waals surface area contributed by atoms with Crippen molar-refractivity contribution in [2.24, 2.45) is 0 Å². The largest absolute Gasteiger partial charge is 0.496 e. The third-order valence-electron chi connectivity index (χ3n) is 3.85. The second-order valence-electron chi connectivity index (χ2n) is 5.66. The topological polar surface area (TPSA) is 98.3 Å². The number of aliphatic carboxylic acids is 1. The minimum absolute atomic E-state index is 0.195. The van der Waals surface area contributed by atoms with E-state index in [1.54, 1.807) is 44.6 Å². The van der Waals surface area contributed by atoms with Gasteiger partial charge in [-0.25, -0.2) is 0 Å². The summed E-state index contributed by atoms with van der Waals surface area (Å²) in [5.74, 6) is -0.336. The van der Waals surface area contributed by atoms with Crippen LogP contribution in [0, 0.1) is 6.92 Å². The fraction of sp³-hybridized carbons (Fsp3) is 0.222. The lowest BCUT2D eigenvalue weighted by Crippen LogP contribution is -2.09. The highest BCUT2D eigenvalue weighted by molar-refractivity contribution is 6.31. The van der Waals surface area contributed by atoms with Crippen LogP contribution in [0.1, 0.15) is 29.7 Å². The number of hydrogen-bond acceptors (Lipinski definition) is 6. The molecule has 0 spiro atoms. The van der Waals surface area contributed by atoms with Crippen LogP contribution >= 0.6 is 11.6 Å². The summed E-state index contributed by atoms with van der Waals surface area (Å²) in [5, 5.41) is 17.6. The number of rotatable bonds is 6. The Kier molecular flexibility index (Phi) is 5.18. The molecule has 7 nitrogen and oxygen atoms in total. The lowest BCUT2D eigenvalue weighted by atomic mass is 9.94. The van der Waals surface area contributed by atoms with Gasteiger partial charge in [0.1, 0.15) is 5.75 Å². The Morgan fingerprint density at radius 3 is 2.77 bits per heavy atom. The van der Waals surface area contributed by atoms with E-state index in [-0.39, 0.29) is 12.3 Å². The summed E-state index contributed by atoms with van der Waals surface area (Å²) in [5.41, 5.74) is 2.15. The lowest BCUT2D eigenvalue weighted by molar-refractivity contribution is -0.137. The summed E-state index contributed by atoms with van der Waals surface area (Å²) in [6, 6.07) is 7.09. The molecule has 0 bridgehead atoms. The van der Waals surface area contributed by atoms with Gasteiger partial charge in [0.05, 0.1) is 19.4 Å². The number of aromatic nitrogens is 3. The Morgan fingerprint density at radius 2 is 2.12 bits per heavy atom. The summed E-state index contributed by atoms with van der Waals surface area (Å²) >= 11 is 6.11. The summed E-state index contributed by atoms with van der Waals surface area (Å²) in [6.07, 6.45) is 3.06. The lowest BCUT2D eigenvalue weighted by Gasteiger charge is -2.14. The van der Waals surface area contributed by atoms with Gasteiger partial charge >= 0.3 is 5.97 Å². The smallest absolute Gasteiger partial charge is 0.304 e. The van der Waals surface area contributed by atoms with E-state index in [1.165, 1.54) is 0 Å². The fourth-order valence-electron chi connectivity index (χ4n) is 2.68. The SMILES string of the molecule is COc1ccc(Cl)cc1-c1cncc(C(CC(=O)O)c2nnc(C)o2)c1. The van der Waals surface area contributed by atoms with Crippen molar-refractivity contribution >= 4 is 17.6 Å². The molecule has 1 aromatic carbocycles. The average Bonchev–Trinajstić information content (AvgIpc) is 3.05. The molecule has 0 amide bonds. The molecule has 3 rings (SSSR count). The molecule has 0 radical (unpaired) electrons. The zero-order valence-corrected chi connectivity index (χ0v) is 14.9. The zero-order valence-electron chi connectivity index (χ0n) is 14.1. The fourth-order valence-corrected chi connectivity index (χ4v) is 2.85. The molecule has 1 unspecified atom stereocenters. The molecule has 1 atom stereocenters. The van der Waals surface area contributed by atoms with E-state index in [0.29, 0.717) is 22.2 Å². The zero-order chi connectivity index (χ0) is 18.7. The van der Waals surface area contributed by atoms with Crippen molar-refractivity contribution in [3.05, 3.63) is 59.0 Å². The standard InChI is InChI=1S/C18H16ClN3O4/c1-10-21-22-18(26-10)15(7-17(23)24)12-5-11(8-20-9-12)14-6-13(19)3-4-16(14)25-2/h3-6,8-9,15H,7H2,1-2H3,(H,23,24). The number of carbonyl (C=O) groups is 1. The summed E-state index contributed by atoms with van der Waals surface area (Å²) in [4.78, 5) is 15.6. The molecule has 3 aromatic rings. The predicted octanol–water partition coefficient (Wildman–Crippen LogP) is 3.71. The summed E-state index contributed by atoms with van der Waals surface area (Å²) in [7, 11) is 1.57. The Bertz CT molecular complexity index is 942. The van der Waals surface area contributed by atoms with Gasteiger partial charge in [0.2, 0.25) is 11.8 Å². The van der Waals surface area contributed by atoms with Crippen molar-refractivity contribution in [1.29, 1.82) is 0 Å². The van der Waals surface area contributed by atoms with Gasteiger partial charge in [-0.05, 0) is 29.8 Å². The van der Waals surface area contributed by atoms with Crippen molar-refractivity contribution < 1.29 is 19.1 Å². The van der Waals surface area contributed by atoms with Crippen LogP contribution in [0.4, 0.5) is 0 Å². The quantitative estimate of drug-likeness (QED) is 0.703. The molecule has 0 saturated carbocycles. The first kappa shape index (κ1) is 17.9. The van der Waals surface area contributed by atoms with Gasteiger partial charge in [-0.1, -0.05) is 11.6 Å². The Balaban J connectivity index is 2.07. The van der Waals surface area contributed by atoms with E-state index in [0.717, 1.165) is 11.1 Å². The molecule has 0 aliphatic heterocycles. The van der Waals surface area contributed by atoms with E-state index in [9.17, 15) is 9.90 Å². The monoisotopic (exact) mass is 373 g/mol. The van der Waals surface area contributed by atoms with Crippen LogP contribution in [0.15, 0.2) is 41.1 Å². The molecular weight excluding hydrogens is 358 g/mol. The maximum absolute atomic E-state index is 11.3. The molecule has 2 aromatic heterocycles. The molecular formula is C18H16ClN3O4. The summed E-state index contributed by atoms with van der Waals surface area (Å²) < 4.78 is 10.8. The molecule has 0 fully saturated rings. The number of hydrogen-bond donors (Lipinski definition) is 1. The predicted molar refractivity (Wildman–Crippen MR) is 94.4 cm³/mol. The summed E-state index contributed by atoms with van der Waals surface area (Å²) in [6.45, 7) is 1.65. The number of aryl methyl sites for hydroxylation is 1. The number of halogens is 1. The molecule has 0 saturated heterocycles. The van der Waals surface area contributed by atoms with Crippen molar-refractivity contribution in [2.75, 3.05) is 7.11 Å². The minimum Gasteiger partial charge on any atom is -0.496 e. The maximum Gasteiger partial charge on any atom is 0.304 e. The van der Waals surface area contributed by atoms with Crippen LogP contribution in [0.2, 0.25) is 5.02 Å². The van der Waals surface area contributed by atoms with E-state index in [2.05, 4.69) is 15.2 Å². The number of ether oxygens (including phenoxy) is 1. The highest BCUT2D eigenvalue weighted by Gasteiger charge is 2.24. The minimum atomic E-state index is -0.975. The van der Waals surface area contributed by atoms with Gasteiger partial charge in [0.15, 0.2) is 0 Å². The van der Waals surface area contributed by atoms with Crippen LogP contribution in [0.3, 0.4) is 0 Å². The Labute approximate surface area is 154 Å². The van der Waals surface area contributed by atoms with E-state index in [1.807, 2.05) is 6.07 Å². The van der Waals surface area contributed by atoms with Gasteiger partial charge in [0.25, 0.3) is 0 Å². The first-order valence-electron chi connectivity index (χ1n) is 7.78. The number of methoxy groups -OCH3 is 1. The number of nitrogens with zero attached hydrogens (tertiary/aromatic N) is 3. The van der Waals surface area contributed by atoms with Gasteiger partial charge in [-0.15, -0.1) is 10.2 Å². The number of carboxylic acid groups (broad SMARTS) is 1. The number of pyridine rings is 1.